The Morgan fingerprint density at radius 3 is 2.53 bits per heavy atom. The Morgan fingerprint density at radius 1 is 0.895 bits per heavy atom. The molecule has 0 N–H and O–H groups in total. The van der Waals surface area contributed by atoms with Gasteiger partial charge in [0.25, 0.3) is 0 Å². The average molecular weight is 236 g/mol. The van der Waals surface area contributed by atoms with Crippen LogP contribution in [0.2, 0.25) is 0 Å². The molecule has 4 rings (SSSR count). The minimum atomic E-state index is 0.504. The topological polar surface area (TPSA) is 0 Å². The molecular formula is C18H13Li. The van der Waals surface area contributed by atoms with E-state index in [1.54, 1.807) is 0 Å². The average Bonchev–Trinajstić information content (AvgIpc) is 3.08. The van der Waals surface area contributed by atoms with Crippen LogP contribution in [0.15, 0.2) is 60.7 Å². The summed E-state index contributed by atoms with van der Waals surface area (Å²) < 4.78 is 0.504. The first kappa shape index (κ1) is 11.4. The first-order chi connectivity index (χ1) is 9.36. The van der Waals surface area contributed by atoms with Gasteiger partial charge in [-0.05, 0) is 0 Å². The zero-order valence-electron chi connectivity index (χ0n) is 11.1. The fraction of sp³-hybridized carbons (Fsp3) is 0.111. The number of hydrogen-bond donors (Lipinski definition) is 0. The summed E-state index contributed by atoms with van der Waals surface area (Å²) in [4.78, 5) is 0. The van der Waals surface area contributed by atoms with E-state index in [4.69, 9.17) is 0 Å². The molecule has 0 saturated heterocycles. The van der Waals surface area contributed by atoms with Gasteiger partial charge in [0.05, 0.1) is 0 Å². The number of rotatable bonds is 1. The standard InChI is InChI=1S/C18H13.Li/c1-2-7-13(6-1)15-10-5-11-17-16-9-4-3-8-14(16)12-18(15)17;/h1-6,8-12H,7H2;. The third kappa shape index (κ3) is 1.61. The molecule has 1 atom stereocenters. The van der Waals surface area contributed by atoms with Crippen LogP contribution in [-0.4, -0.2) is 17.7 Å². The molecule has 0 aromatic heterocycles. The van der Waals surface area contributed by atoms with E-state index >= 15 is 0 Å². The molecule has 0 saturated carbocycles. The van der Waals surface area contributed by atoms with Gasteiger partial charge in [-0.2, -0.15) is 0 Å². The molecule has 2 aromatic carbocycles. The van der Waals surface area contributed by atoms with Gasteiger partial charge < -0.3 is 0 Å². The first-order valence-electron chi connectivity index (χ1n) is 6.94. The van der Waals surface area contributed by atoms with Crippen molar-refractivity contribution in [2.75, 3.05) is 0 Å². The van der Waals surface area contributed by atoms with E-state index in [9.17, 15) is 0 Å². The molecule has 0 spiro atoms. The molecule has 2 aliphatic carbocycles. The second-order valence-corrected chi connectivity index (χ2v) is 5.40. The van der Waals surface area contributed by atoms with E-state index in [0.717, 1.165) is 6.42 Å². The molecule has 86 valence electrons. The Labute approximate surface area is 123 Å². The molecule has 1 heteroatoms. The van der Waals surface area contributed by atoms with Gasteiger partial charge in [-0.3, -0.25) is 0 Å². The second kappa shape index (κ2) is 4.27. The van der Waals surface area contributed by atoms with Crippen molar-refractivity contribution in [1.29, 1.82) is 0 Å². The Kier molecular flexibility index (Phi) is 2.55. The van der Waals surface area contributed by atoms with Crippen molar-refractivity contribution in [3.63, 3.8) is 0 Å². The molecule has 0 fully saturated rings. The van der Waals surface area contributed by atoms with Gasteiger partial charge in [-0.1, -0.05) is 0 Å². The zero-order valence-corrected chi connectivity index (χ0v) is 11.1. The van der Waals surface area contributed by atoms with Gasteiger partial charge in [0.2, 0.25) is 0 Å². The monoisotopic (exact) mass is 236 g/mol. The third-order valence-electron chi connectivity index (χ3n) is 4.37. The fourth-order valence-corrected chi connectivity index (χ4v) is 3.47. The SMILES string of the molecule is [Li][CH]1c2ccccc2-c2cccc(C3=CC=CC3)c21. The Balaban J connectivity index is 1.97. The molecule has 0 aliphatic heterocycles. The van der Waals surface area contributed by atoms with Crippen molar-refractivity contribution in [2.45, 2.75) is 11.0 Å². The minimum absolute atomic E-state index is 0.504. The fourth-order valence-electron chi connectivity index (χ4n) is 3.47. The molecule has 0 bridgehead atoms. The van der Waals surface area contributed by atoms with Crippen LogP contribution in [0.5, 0.6) is 0 Å². The van der Waals surface area contributed by atoms with Crippen LogP contribution in [0.25, 0.3) is 16.7 Å². The van der Waals surface area contributed by atoms with Crippen LogP contribution in [-0.2, 0) is 0 Å². The van der Waals surface area contributed by atoms with Crippen molar-refractivity contribution in [1.82, 2.24) is 0 Å². The van der Waals surface area contributed by atoms with E-state index in [-0.39, 0.29) is 0 Å². The zero-order chi connectivity index (χ0) is 12.8. The second-order valence-electron chi connectivity index (χ2n) is 5.40. The third-order valence-corrected chi connectivity index (χ3v) is 4.37. The molecule has 0 radical (unpaired) electrons. The van der Waals surface area contributed by atoms with Crippen molar-refractivity contribution in [3.05, 3.63) is 77.4 Å². The number of fused-ring (bicyclic) bond motifs is 3. The van der Waals surface area contributed by atoms with E-state index < -0.39 is 0 Å². The van der Waals surface area contributed by atoms with Gasteiger partial charge in [-0.15, -0.1) is 0 Å². The van der Waals surface area contributed by atoms with Gasteiger partial charge in [0.1, 0.15) is 0 Å². The summed E-state index contributed by atoms with van der Waals surface area (Å²) in [6, 6.07) is 15.6. The van der Waals surface area contributed by atoms with Gasteiger partial charge in [0, 0.05) is 0 Å². The Hall–Kier alpha value is -1.48. The van der Waals surface area contributed by atoms with Crippen LogP contribution < -0.4 is 0 Å². The Morgan fingerprint density at radius 2 is 1.68 bits per heavy atom. The quantitative estimate of drug-likeness (QED) is 0.649. The molecule has 0 amide bonds. The summed E-state index contributed by atoms with van der Waals surface area (Å²) >= 11 is 2.33. The van der Waals surface area contributed by atoms with Crippen LogP contribution >= 0.6 is 0 Å². The van der Waals surface area contributed by atoms with Gasteiger partial charge in [-0.25, -0.2) is 0 Å². The summed E-state index contributed by atoms with van der Waals surface area (Å²) in [6.45, 7) is 0. The van der Waals surface area contributed by atoms with Crippen LogP contribution in [0.1, 0.15) is 27.7 Å². The predicted octanol–water partition coefficient (Wildman–Crippen LogP) is 4.27. The summed E-state index contributed by atoms with van der Waals surface area (Å²) in [5.74, 6) is 0. The van der Waals surface area contributed by atoms with Gasteiger partial charge in [0.15, 0.2) is 0 Å². The van der Waals surface area contributed by atoms with E-state index in [0.29, 0.717) is 4.59 Å². The van der Waals surface area contributed by atoms with Crippen LogP contribution in [0, 0.1) is 0 Å². The molecule has 2 aliphatic rings. The molecular weight excluding hydrogens is 223 g/mol. The van der Waals surface area contributed by atoms with Crippen molar-refractivity contribution >= 4 is 23.3 Å². The maximum absolute atomic E-state index is 2.33. The molecule has 19 heavy (non-hydrogen) atoms. The summed E-state index contributed by atoms with van der Waals surface area (Å²) in [7, 11) is 0. The van der Waals surface area contributed by atoms with E-state index in [2.05, 4.69) is 78.4 Å². The number of hydrogen-bond acceptors (Lipinski definition) is 0. The predicted molar refractivity (Wildman–Crippen MR) is 81.2 cm³/mol. The normalized spacial score (nSPS) is 19.3. The van der Waals surface area contributed by atoms with Crippen molar-refractivity contribution < 1.29 is 0 Å². The summed E-state index contributed by atoms with van der Waals surface area (Å²) in [5, 5.41) is 0. The van der Waals surface area contributed by atoms with E-state index in [1.165, 1.54) is 33.4 Å². The molecule has 0 heterocycles. The van der Waals surface area contributed by atoms with Crippen LogP contribution in [0.3, 0.4) is 0 Å². The van der Waals surface area contributed by atoms with Crippen molar-refractivity contribution in [3.8, 4) is 11.1 Å². The summed E-state index contributed by atoms with van der Waals surface area (Å²) in [5.41, 5.74) is 8.71. The first-order valence-corrected chi connectivity index (χ1v) is 6.94. The molecule has 1 unspecified atom stereocenters. The number of allylic oxidation sites excluding steroid dienone is 4. The molecule has 2 aromatic rings. The summed E-state index contributed by atoms with van der Waals surface area (Å²) in [6.07, 6.45) is 7.73. The molecule has 0 nitrogen and oxygen atoms in total. The van der Waals surface area contributed by atoms with E-state index in [1.807, 2.05) is 0 Å². The maximum atomic E-state index is 2.33. The Bertz CT molecular complexity index is 722. The van der Waals surface area contributed by atoms with Crippen LogP contribution in [0.4, 0.5) is 0 Å². The number of benzene rings is 2. The van der Waals surface area contributed by atoms with Crippen molar-refractivity contribution in [2.24, 2.45) is 0 Å². The van der Waals surface area contributed by atoms with Gasteiger partial charge >= 0.3 is 123 Å².